The van der Waals surface area contributed by atoms with Crippen molar-refractivity contribution in [2.45, 2.75) is 33.2 Å². The Morgan fingerprint density at radius 3 is 2.73 bits per heavy atom. The van der Waals surface area contributed by atoms with Gasteiger partial charge in [-0.2, -0.15) is 0 Å². The molecule has 0 saturated heterocycles. The lowest BCUT2D eigenvalue weighted by Crippen LogP contribution is -2.32. The highest BCUT2D eigenvalue weighted by molar-refractivity contribution is 14.1. The van der Waals surface area contributed by atoms with E-state index < -0.39 is 0 Å². The van der Waals surface area contributed by atoms with E-state index in [1.165, 1.54) is 5.56 Å². The topological polar surface area (TPSA) is 29.1 Å². The van der Waals surface area contributed by atoms with Gasteiger partial charge in [0.2, 0.25) is 0 Å². The van der Waals surface area contributed by atoms with E-state index in [2.05, 4.69) is 34.8 Å². The second kappa shape index (κ2) is 5.49. The number of carbonyl (C=O) groups excluding carboxylic acids is 1. The molecule has 1 atom stereocenters. The predicted molar refractivity (Wildman–Crippen MR) is 71.1 cm³/mol. The molecular weight excluding hydrogens is 301 g/mol. The van der Waals surface area contributed by atoms with Gasteiger partial charge in [-0.15, -0.1) is 0 Å². The Morgan fingerprint density at radius 2 is 2.20 bits per heavy atom. The summed E-state index contributed by atoms with van der Waals surface area (Å²) in [5.74, 6) is 0.0220. The summed E-state index contributed by atoms with van der Waals surface area (Å²) in [6.07, 6.45) is 0.953. The van der Waals surface area contributed by atoms with Crippen LogP contribution in [0, 0.1) is 10.5 Å². The molecule has 0 spiro atoms. The minimum Gasteiger partial charge on any atom is -0.350 e. The van der Waals surface area contributed by atoms with Crippen molar-refractivity contribution in [2.75, 3.05) is 0 Å². The van der Waals surface area contributed by atoms with Crippen LogP contribution in [0.2, 0.25) is 0 Å². The number of hydrogen-bond acceptors (Lipinski definition) is 1. The van der Waals surface area contributed by atoms with Crippen molar-refractivity contribution in [3.8, 4) is 0 Å². The van der Waals surface area contributed by atoms with E-state index in [0.717, 1.165) is 15.6 Å². The van der Waals surface area contributed by atoms with Crippen LogP contribution in [0.25, 0.3) is 0 Å². The summed E-state index contributed by atoms with van der Waals surface area (Å²) in [6, 6.07) is 6.10. The van der Waals surface area contributed by atoms with Crippen LogP contribution in [0.3, 0.4) is 0 Å². The first kappa shape index (κ1) is 12.5. The van der Waals surface area contributed by atoms with E-state index in [9.17, 15) is 4.79 Å². The summed E-state index contributed by atoms with van der Waals surface area (Å²) in [6.45, 7) is 6.10. The first-order valence-corrected chi connectivity index (χ1v) is 6.19. The maximum Gasteiger partial charge on any atom is 0.252 e. The van der Waals surface area contributed by atoms with Crippen LogP contribution in [0.4, 0.5) is 0 Å². The molecular formula is C12H16INO. The molecule has 1 rings (SSSR count). The van der Waals surface area contributed by atoms with Crippen LogP contribution in [-0.2, 0) is 0 Å². The van der Waals surface area contributed by atoms with Gasteiger partial charge in [0.15, 0.2) is 0 Å². The fourth-order valence-electron chi connectivity index (χ4n) is 1.21. The van der Waals surface area contributed by atoms with Gasteiger partial charge < -0.3 is 5.32 Å². The van der Waals surface area contributed by atoms with Crippen molar-refractivity contribution in [2.24, 2.45) is 0 Å². The molecule has 0 heterocycles. The van der Waals surface area contributed by atoms with Crippen LogP contribution in [0.1, 0.15) is 36.2 Å². The van der Waals surface area contributed by atoms with Crippen LogP contribution in [-0.4, -0.2) is 11.9 Å². The van der Waals surface area contributed by atoms with E-state index >= 15 is 0 Å². The molecule has 0 saturated carbocycles. The van der Waals surface area contributed by atoms with E-state index in [1.54, 1.807) is 0 Å². The zero-order chi connectivity index (χ0) is 11.4. The standard InChI is InChI=1S/C12H16INO/c1-4-9(3)14-12(15)10-6-5-8(2)7-11(10)13/h5-7,9H,4H2,1-3H3,(H,14,15)/t9-/m1/s1. The van der Waals surface area contributed by atoms with Crippen molar-refractivity contribution in [3.63, 3.8) is 0 Å². The van der Waals surface area contributed by atoms with Crippen molar-refractivity contribution in [3.05, 3.63) is 32.9 Å². The Balaban J connectivity index is 2.82. The number of benzene rings is 1. The molecule has 0 unspecified atom stereocenters. The van der Waals surface area contributed by atoms with Crippen LogP contribution in [0.5, 0.6) is 0 Å². The normalized spacial score (nSPS) is 12.3. The molecule has 1 amide bonds. The summed E-state index contributed by atoms with van der Waals surface area (Å²) in [7, 11) is 0. The van der Waals surface area contributed by atoms with Gasteiger partial charge in [-0.05, 0) is 55.0 Å². The average molecular weight is 317 g/mol. The monoisotopic (exact) mass is 317 g/mol. The summed E-state index contributed by atoms with van der Waals surface area (Å²) in [4.78, 5) is 11.8. The summed E-state index contributed by atoms with van der Waals surface area (Å²) in [5.41, 5.74) is 1.95. The molecule has 0 aromatic heterocycles. The van der Waals surface area contributed by atoms with E-state index in [-0.39, 0.29) is 11.9 Å². The summed E-state index contributed by atoms with van der Waals surface area (Å²) >= 11 is 2.20. The first-order valence-electron chi connectivity index (χ1n) is 5.11. The maximum atomic E-state index is 11.8. The predicted octanol–water partition coefficient (Wildman–Crippen LogP) is 3.13. The van der Waals surface area contributed by atoms with Crippen LogP contribution < -0.4 is 5.32 Å². The fraction of sp³-hybridized carbons (Fsp3) is 0.417. The quantitative estimate of drug-likeness (QED) is 0.853. The maximum absolute atomic E-state index is 11.8. The molecule has 3 heteroatoms. The average Bonchev–Trinajstić information content (AvgIpc) is 2.17. The van der Waals surface area contributed by atoms with E-state index in [1.807, 2.05) is 32.0 Å². The van der Waals surface area contributed by atoms with Crippen molar-refractivity contribution in [1.82, 2.24) is 5.32 Å². The second-order valence-corrected chi connectivity index (χ2v) is 4.93. The summed E-state index contributed by atoms with van der Waals surface area (Å²) < 4.78 is 1.01. The third-order valence-electron chi connectivity index (χ3n) is 2.36. The molecule has 15 heavy (non-hydrogen) atoms. The minimum atomic E-state index is 0.0220. The zero-order valence-corrected chi connectivity index (χ0v) is 11.5. The SMILES string of the molecule is CC[C@@H](C)NC(=O)c1ccc(C)cc1I. The van der Waals surface area contributed by atoms with Crippen molar-refractivity contribution < 1.29 is 4.79 Å². The van der Waals surface area contributed by atoms with E-state index in [0.29, 0.717) is 0 Å². The van der Waals surface area contributed by atoms with Gasteiger partial charge in [-0.25, -0.2) is 0 Å². The molecule has 0 aliphatic carbocycles. The number of halogens is 1. The second-order valence-electron chi connectivity index (χ2n) is 3.77. The third-order valence-corrected chi connectivity index (χ3v) is 3.25. The van der Waals surface area contributed by atoms with Gasteiger partial charge in [0.05, 0.1) is 5.56 Å². The first-order chi connectivity index (χ1) is 7.04. The smallest absolute Gasteiger partial charge is 0.252 e. The largest absolute Gasteiger partial charge is 0.350 e. The Kier molecular flexibility index (Phi) is 4.57. The highest BCUT2D eigenvalue weighted by Crippen LogP contribution is 2.14. The van der Waals surface area contributed by atoms with Gasteiger partial charge >= 0.3 is 0 Å². The van der Waals surface area contributed by atoms with Gasteiger partial charge in [0, 0.05) is 9.61 Å². The molecule has 1 aromatic carbocycles. The number of rotatable bonds is 3. The van der Waals surface area contributed by atoms with Gasteiger partial charge in [-0.1, -0.05) is 18.6 Å². The van der Waals surface area contributed by atoms with Crippen molar-refractivity contribution >= 4 is 28.5 Å². The lowest BCUT2D eigenvalue weighted by molar-refractivity contribution is 0.0938. The Labute approximate surface area is 105 Å². The van der Waals surface area contributed by atoms with Crippen molar-refractivity contribution in [1.29, 1.82) is 0 Å². The number of nitrogens with one attached hydrogen (secondary N) is 1. The Morgan fingerprint density at radius 1 is 1.53 bits per heavy atom. The highest BCUT2D eigenvalue weighted by atomic mass is 127. The zero-order valence-electron chi connectivity index (χ0n) is 9.30. The van der Waals surface area contributed by atoms with E-state index in [4.69, 9.17) is 0 Å². The molecule has 82 valence electrons. The fourth-order valence-corrected chi connectivity index (χ4v) is 2.12. The van der Waals surface area contributed by atoms with Crippen LogP contribution >= 0.6 is 22.6 Å². The minimum absolute atomic E-state index is 0.0220. The third kappa shape index (κ3) is 3.48. The number of amides is 1. The lowest BCUT2D eigenvalue weighted by Gasteiger charge is -2.12. The van der Waals surface area contributed by atoms with Gasteiger partial charge in [0.1, 0.15) is 0 Å². The molecule has 0 radical (unpaired) electrons. The molecule has 2 nitrogen and oxygen atoms in total. The van der Waals surface area contributed by atoms with Gasteiger partial charge in [0.25, 0.3) is 5.91 Å². The van der Waals surface area contributed by atoms with Gasteiger partial charge in [-0.3, -0.25) is 4.79 Å². The highest BCUT2D eigenvalue weighted by Gasteiger charge is 2.11. The number of carbonyl (C=O) groups is 1. The number of aryl methyl sites for hydroxylation is 1. The number of hydrogen-bond donors (Lipinski definition) is 1. The molecule has 0 aliphatic heterocycles. The Hall–Kier alpha value is -0.580. The summed E-state index contributed by atoms with van der Waals surface area (Å²) in [5, 5.41) is 2.96. The molecule has 0 bridgehead atoms. The molecule has 1 N–H and O–H groups in total. The molecule has 0 fully saturated rings. The lowest BCUT2D eigenvalue weighted by atomic mass is 10.1. The van der Waals surface area contributed by atoms with Crippen LogP contribution in [0.15, 0.2) is 18.2 Å². The molecule has 0 aliphatic rings. The Bertz CT molecular complexity index is 363. The molecule has 1 aromatic rings.